The van der Waals surface area contributed by atoms with Crippen molar-refractivity contribution in [2.45, 2.75) is 75.2 Å². The van der Waals surface area contributed by atoms with E-state index in [-0.39, 0.29) is 46.7 Å². The summed E-state index contributed by atoms with van der Waals surface area (Å²) in [5, 5.41) is 11.8. The van der Waals surface area contributed by atoms with Gasteiger partial charge in [-0.2, -0.15) is 13.2 Å². The van der Waals surface area contributed by atoms with Crippen LogP contribution in [0.3, 0.4) is 0 Å². The van der Waals surface area contributed by atoms with Crippen molar-refractivity contribution in [3.8, 4) is 5.75 Å². The first kappa shape index (κ1) is 37.6. The third-order valence-electron chi connectivity index (χ3n) is 8.29. The number of amides is 1. The standard InChI is InChI=1S/C34H44F3N3O6S2/c1-23-19-40(24(2)22-41)33(42)29-18-28(38-48(43,44)32-9-7-17-47-32)14-15-30(29)46-25(3)8-5-6-16-45-31(23)21-39(4)20-26-10-12-27(13-11-26)34(35,36)37/h7,9-15,17-18,23-25,31,38,41H,5-6,8,16,19-22H2,1-4H3/t23-,24-,25+,31-/m0/s1. The molecule has 9 nitrogen and oxygen atoms in total. The molecule has 0 radical (unpaired) electrons. The summed E-state index contributed by atoms with van der Waals surface area (Å²) in [5.41, 5.74) is 0.382. The molecule has 4 atom stereocenters. The predicted octanol–water partition coefficient (Wildman–Crippen LogP) is 6.50. The van der Waals surface area contributed by atoms with Crippen LogP contribution in [-0.2, 0) is 27.5 Å². The second-order valence-electron chi connectivity index (χ2n) is 12.4. The fourth-order valence-corrected chi connectivity index (χ4v) is 7.60. The molecule has 264 valence electrons. The predicted molar refractivity (Wildman–Crippen MR) is 180 cm³/mol. The number of fused-ring (bicyclic) bond motifs is 1. The molecule has 0 saturated carbocycles. The van der Waals surface area contributed by atoms with Gasteiger partial charge in [-0.25, -0.2) is 8.42 Å². The fourth-order valence-electron chi connectivity index (χ4n) is 5.55. The number of benzene rings is 2. The molecule has 0 fully saturated rings. The maximum Gasteiger partial charge on any atom is 0.416 e. The summed E-state index contributed by atoms with van der Waals surface area (Å²) in [6.45, 7) is 6.81. The van der Waals surface area contributed by atoms with Crippen molar-refractivity contribution >= 4 is 33.0 Å². The first-order valence-electron chi connectivity index (χ1n) is 15.9. The Hall–Kier alpha value is -3.17. The minimum atomic E-state index is -4.40. The summed E-state index contributed by atoms with van der Waals surface area (Å²) >= 11 is 1.08. The molecule has 1 aromatic heterocycles. The van der Waals surface area contributed by atoms with E-state index in [0.717, 1.165) is 41.9 Å². The zero-order valence-corrected chi connectivity index (χ0v) is 29.2. The number of ether oxygens (including phenoxy) is 2. The summed E-state index contributed by atoms with van der Waals surface area (Å²) in [7, 11) is -2.01. The van der Waals surface area contributed by atoms with Crippen LogP contribution in [-0.4, -0.2) is 80.8 Å². The quantitative estimate of drug-likeness (QED) is 0.261. The van der Waals surface area contributed by atoms with E-state index in [4.69, 9.17) is 9.47 Å². The number of thiophene rings is 1. The molecule has 14 heteroatoms. The fraction of sp³-hybridized carbons (Fsp3) is 0.500. The second-order valence-corrected chi connectivity index (χ2v) is 15.3. The van der Waals surface area contributed by atoms with Crippen LogP contribution in [0.25, 0.3) is 0 Å². The Kier molecular flexibility index (Phi) is 12.9. The van der Waals surface area contributed by atoms with Gasteiger partial charge in [0.1, 0.15) is 9.96 Å². The number of hydrogen-bond donors (Lipinski definition) is 2. The van der Waals surface area contributed by atoms with Crippen LogP contribution in [0, 0.1) is 5.92 Å². The zero-order chi connectivity index (χ0) is 35.1. The Labute approximate surface area is 284 Å². The van der Waals surface area contributed by atoms with Gasteiger partial charge in [-0.3, -0.25) is 14.4 Å². The summed E-state index contributed by atoms with van der Waals surface area (Å²) in [5.74, 6) is -0.336. The number of halogens is 3. The zero-order valence-electron chi connectivity index (χ0n) is 27.6. The molecular formula is C34H44F3N3O6S2. The van der Waals surface area contributed by atoms with Crippen molar-refractivity contribution in [3.63, 3.8) is 0 Å². The van der Waals surface area contributed by atoms with Crippen molar-refractivity contribution in [3.05, 3.63) is 76.7 Å². The third kappa shape index (κ3) is 10.2. The Morgan fingerprint density at radius 3 is 2.50 bits per heavy atom. The third-order valence-corrected chi connectivity index (χ3v) is 11.1. The molecule has 2 N–H and O–H groups in total. The summed E-state index contributed by atoms with van der Waals surface area (Å²) in [6.07, 6.45) is -2.73. The number of nitrogens with zero attached hydrogens (tertiary/aromatic N) is 2. The molecule has 48 heavy (non-hydrogen) atoms. The van der Waals surface area contributed by atoms with Crippen LogP contribution < -0.4 is 9.46 Å². The molecule has 4 rings (SSSR count). The number of alkyl halides is 3. The van der Waals surface area contributed by atoms with Crippen LogP contribution in [0.15, 0.2) is 64.2 Å². The molecule has 0 aliphatic carbocycles. The van der Waals surface area contributed by atoms with E-state index in [9.17, 15) is 31.5 Å². The molecule has 0 bridgehead atoms. The van der Waals surface area contributed by atoms with E-state index < -0.39 is 33.7 Å². The Bertz CT molecular complexity index is 1590. The number of anilines is 1. The van der Waals surface area contributed by atoms with Gasteiger partial charge >= 0.3 is 6.18 Å². The van der Waals surface area contributed by atoms with Crippen molar-refractivity contribution in [1.82, 2.24) is 9.80 Å². The summed E-state index contributed by atoms with van der Waals surface area (Å²) in [6, 6.07) is 12.3. The first-order valence-corrected chi connectivity index (χ1v) is 18.3. The number of hydrogen-bond acceptors (Lipinski definition) is 8. The highest BCUT2D eigenvalue weighted by atomic mass is 32.2. The van der Waals surface area contributed by atoms with Crippen LogP contribution in [0.1, 0.15) is 61.5 Å². The van der Waals surface area contributed by atoms with Gasteiger partial charge in [0.05, 0.1) is 36.0 Å². The number of sulfonamides is 1. The molecule has 2 heterocycles. The number of rotatable bonds is 9. The van der Waals surface area contributed by atoms with Crippen LogP contribution >= 0.6 is 11.3 Å². The highest BCUT2D eigenvalue weighted by Gasteiger charge is 2.32. The largest absolute Gasteiger partial charge is 0.490 e. The summed E-state index contributed by atoms with van der Waals surface area (Å²) < 4.78 is 80.4. The van der Waals surface area contributed by atoms with Gasteiger partial charge in [-0.05, 0) is 87.5 Å². The number of aliphatic hydroxyl groups excluding tert-OH is 1. The molecule has 0 spiro atoms. The maximum absolute atomic E-state index is 14.3. The molecule has 1 amide bonds. The van der Waals surface area contributed by atoms with Gasteiger partial charge in [0.2, 0.25) is 0 Å². The van der Waals surface area contributed by atoms with Gasteiger partial charge in [-0.15, -0.1) is 11.3 Å². The minimum Gasteiger partial charge on any atom is -0.490 e. The van der Waals surface area contributed by atoms with Gasteiger partial charge in [-0.1, -0.05) is 25.1 Å². The normalized spacial score (nSPS) is 20.9. The number of likely N-dealkylation sites (N-methyl/N-ethyl adjacent to an activating group) is 1. The maximum atomic E-state index is 14.3. The van der Waals surface area contributed by atoms with Crippen molar-refractivity contribution in [1.29, 1.82) is 0 Å². The lowest BCUT2D eigenvalue weighted by atomic mass is 10.0. The number of aliphatic hydroxyl groups is 1. The Morgan fingerprint density at radius 1 is 1.12 bits per heavy atom. The van der Waals surface area contributed by atoms with Crippen LogP contribution in [0.2, 0.25) is 0 Å². The molecular weight excluding hydrogens is 668 g/mol. The van der Waals surface area contributed by atoms with Crippen molar-refractivity contribution in [2.24, 2.45) is 5.92 Å². The molecule has 0 saturated heterocycles. The number of carbonyl (C=O) groups excluding carboxylic acids is 1. The highest BCUT2D eigenvalue weighted by Crippen LogP contribution is 2.31. The topological polar surface area (TPSA) is 108 Å². The van der Waals surface area contributed by atoms with E-state index in [0.29, 0.717) is 31.9 Å². The molecule has 3 aromatic rings. The van der Waals surface area contributed by atoms with Crippen LogP contribution in [0.4, 0.5) is 18.9 Å². The average molecular weight is 712 g/mol. The lowest BCUT2D eigenvalue weighted by molar-refractivity contribution is -0.137. The van der Waals surface area contributed by atoms with Gasteiger partial charge in [0.15, 0.2) is 0 Å². The molecule has 0 unspecified atom stereocenters. The molecule has 2 aromatic carbocycles. The molecule has 1 aliphatic heterocycles. The lowest BCUT2D eigenvalue weighted by Crippen LogP contribution is -2.47. The van der Waals surface area contributed by atoms with E-state index in [1.165, 1.54) is 24.3 Å². The van der Waals surface area contributed by atoms with E-state index >= 15 is 0 Å². The monoisotopic (exact) mass is 711 g/mol. The van der Waals surface area contributed by atoms with E-state index in [1.807, 2.05) is 25.8 Å². The van der Waals surface area contributed by atoms with Crippen molar-refractivity contribution < 1.29 is 41.0 Å². The minimum absolute atomic E-state index is 0.137. The second kappa shape index (κ2) is 16.5. The first-order chi connectivity index (χ1) is 22.7. The number of carbonyl (C=O) groups is 1. The van der Waals surface area contributed by atoms with E-state index in [2.05, 4.69) is 4.72 Å². The van der Waals surface area contributed by atoms with Gasteiger partial charge < -0.3 is 19.5 Å². The highest BCUT2D eigenvalue weighted by molar-refractivity contribution is 7.94. The van der Waals surface area contributed by atoms with Gasteiger partial charge in [0.25, 0.3) is 15.9 Å². The molecule has 1 aliphatic rings. The Balaban J connectivity index is 1.60. The summed E-state index contributed by atoms with van der Waals surface area (Å²) in [4.78, 5) is 17.8. The van der Waals surface area contributed by atoms with Crippen molar-refractivity contribution in [2.75, 3.05) is 38.1 Å². The SMILES string of the molecule is C[C@@H]1CCCCO[C@@H](CN(C)Cc2ccc(C(F)(F)F)cc2)[C@@H](C)CN([C@@H](C)CO)C(=O)c2cc(NS(=O)(=O)c3cccs3)ccc2O1. The van der Waals surface area contributed by atoms with Crippen LogP contribution in [0.5, 0.6) is 5.75 Å². The lowest BCUT2D eigenvalue weighted by Gasteiger charge is -2.36. The Morgan fingerprint density at radius 2 is 1.85 bits per heavy atom. The smallest absolute Gasteiger partial charge is 0.416 e. The number of nitrogens with one attached hydrogen (secondary N) is 1. The van der Waals surface area contributed by atoms with Gasteiger partial charge in [0, 0.05) is 37.8 Å². The van der Waals surface area contributed by atoms with E-state index in [1.54, 1.807) is 35.4 Å². The average Bonchev–Trinajstić information content (AvgIpc) is 3.59.